The van der Waals surface area contributed by atoms with Gasteiger partial charge in [-0.1, -0.05) is 6.92 Å². The van der Waals surface area contributed by atoms with Gasteiger partial charge in [-0.3, -0.25) is 9.59 Å². The number of fused-ring (bicyclic) bond motifs is 5. The first-order chi connectivity index (χ1) is 32.8. The summed E-state index contributed by atoms with van der Waals surface area (Å²) in [7, 11) is 6.59. The number of carbonyl (C=O) groups is 2. The normalized spacial score (nSPS) is 53.2. The van der Waals surface area contributed by atoms with E-state index in [9.17, 15) is 14.7 Å². The molecule has 0 amide bonds. The second-order valence-electron chi connectivity index (χ2n) is 22.3. The molecular weight excluding hydrogens is 901 g/mol. The lowest BCUT2D eigenvalue weighted by Crippen LogP contribution is -2.58. The molecule has 0 aromatic heterocycles. The maximum atomic E-state index is 14.0. The molecule has 0 radical (unpaired) electrons. The first kappa shape index (κ1) is 52.4. The van der Waals surface area contributed by atoms with E-state index in [-0.39, 0.29) is 65.8 Å². The number of ketones is 1. The highest BCUT2D eigenvalue weighted by Crippen LogP contribution is 2.67. The summed E-state index contributed by atoms with van der Waals surface area (Å²) >= 11 is 0. The van der Waals surface area contributed by atoms with Gasteiger partial charge in [-0.25, -0.2) is 0 Å². The lowest BCUT2D eigenvalue weighted by atomic mass is 9.52. The minimum absolute atomic E-state index is 0.0143. The molecule has 394 valence electrons. The maximum absolute atomic E-state index is 14.0. The molecule has 18 heteroatoms. The Morgan fingerprint density at radius 2 is 1.09 bits per heavy atom. The zero-order valence-corrected chi connectivity index (χ0v) is 42.9. The lowest BCUT2D eigenvalue weighted by Gasteiger charge is -2.57. The van der Waals surface area contributed by atoms with Gasteiger partial charge in [0.25, 0.3) is 0 Å². The number of ether oxygens (including phenoxy) is 15. The molecule has 3 saturated carbocycles. The molecule has 6 saturated heterocycles. The van der Waals surface area contributed by atoms with Gasteiger partial charge in [-0.05, 0) is 91.4 Å². The van der Waals surface area contributed by atoms with Crippen LogP contribution in [0.25, 0.3) is 0 Å². The fourth-order valence-electron chi connectivity index (χ4n) is 14.6. The molecular formula is C51H82O18. The zero-order valence-electron chi connectivity index (χ0n) is 42.9. The number of aliphatic hydroxyl groups excluding tert-OH is 1. The third kappa shape index (κ3) is 9.76. The third-order valence-corrected chi connectivity index (χ3v) is 18.4. The Kier molecular flexibility index (Phi) is 15.7. The summed E-state index contributed by atoms with van der Waals surface area (Å²) in [4.78, 5) is 25.9. The van der Waals surface area contributed by atoms with Crippen LogP contribution in [0.15, 0.2) is 0 Å². The van der Waals surface area contributed by atoms with E-state index in [0.29, 0.717) is 38.0 Å². The molecule has 6 heterocycles. The summed E-state index contributed by atoms with van der Waals surface area (Å²) in [5, 5.41) is 10.4. The molecule has 26 unspecified atom stereocenters. The predicted octanol–water partition coefficient (Wildman–Crippen LogP) is 5.14. The van der Waals surface area contributed by atoms with Gasteiger partial charge in [0.05, 0.1) is 72.6 Å². The van der Waals surface area contributed by atoms with Crippen molar-refractivity contribution >= 4 is 11.8 Å². The highest BCUT2D eigenvalue weighted by molar-refractivity contribution is 5.93. The summed E-state index contributed by atoms with van der Waals surface area (Å²) in [5.41, 5.74) is -0.836. The number of carbonyl (C=O) groups excluding carboxylic acids is 2. The zero-order chi connectivity index (χ0) is 49.3. The van der Waals surface area contributed by atoms with E-state index in [4.69, 9.17) is 71.1 Å². The minimum Gasteiger partial charge on any atom is -0.455 e. The highest BCUT2D eigenvalue weighted by Gasteiger charge is 2.72. The quantitative estimate of drug-likeness (QED) is 0.188. The fourth-order valence-corrected chi connectivity index (χ4v) is 14.6. The standard InChI is InChI=1S/C51H82O18/c1-24-32-18-37(63-29(6)52)48(54)50(32,8)39-23-38-49(7)15-14-31(17-30(49)13-16-51(38,68-24)69-39)64-40-20-34(56-10)45(26(3)60-40)66-42-22-36(58-12)47(28(5)62-42)67-43-21-35(57-11)46(27(4)61-43)65-41-19-33(55-9)44(53)25(2)59-41/h24-28,30-47,53H,13-23H2,1-12H3. The number of hydrogen-bond acceptors (Lipinski definition) is 18. The average molecular weight is 983 g/mol. The molecule has 0 aromatic carbocycles. The van der Waals surface area contributed by atoms with E-state index in [0.717, 1.165) is 38.5 Å². The summed E-state index contributed by atoms with van der Waals surface area (Å²) < 4.78 is 95.0. The molecule has 69 heavy (non-hydrogen) atoms. The highest BCUT2D eigenvalue weighted by atomic mass is 16.8. The van der Waals surface area contributed by atoms with Gasteiger partial charge in [-0.15, -0.1) is 0 Å². The molecule has 3 aliphatic carbocycles. The van der Waals surface area contributed by atoms with Crippen LogP contribution in [-0.2, 0) is 80.6 Å². The molecule has 18 nitrogen and oxygen atoms in total. The molecule has 9 rings (SSSR count). The third-order valence-electron chi connectivity index (χ3n) is 18.4. The van der Waals surface area contributed by atoms with Gasteiger partial charge >= 0.3 is 5.97 Å². The van der Waals surface area contributed by atoms with Crippen molar-refractivity contribution in [3.8, 4) is 0 Å². The van der Waals surface area contributed by atoms with Crippen molar-refractivity contribution in [1.29, 1.82) is 0 Å². The van der Waals surface area contributed by atoms with Crippen LogP contribution in [-0.4, -0.2) is 174 Å². The smallest absolute Gasteiger partial charge is 0.303 e. The van der Waals surface area contributed by atoms with Crippen molar-refractivity contribution in [3.05, 3.63) is 0 Å². The average Bonchev–Trinajstić information content (AvgIpc) is 3.80. The van der Waals surface area contributed by atoms with Gasteiger partial charge in [0, 0.05) is 79.3 Å². The van der Waals surface area contributed by atoms with Crippen LogP contribution in [0.3, 0.4) is 0 Å². The predicted molar refractivity (Wildman–Crippen MR) is 242 cm³/mol. The van der Waals surface area contributed by atoms with E-state index in [2.05, 4.69) is 13.8 Å². The van der Waals surface area contributed by atoms with Gasteiger partial charge in [0.15, 0.2) is 42.8 Å². The van der Waals surface area contributed by atoms with Crippen LogP contribution in [0.2, 0.25) is 0 Å². The van der Waals surface area contributed by atoms with Crippen LogP contribution < -0.4 is 0 Å². The summed E-state index contributed by atoms with van der Waals surface area (Å²) in [5.74, 6) is -0.749. The second-order valence-corrected chi connectivity index (χ2v) is 22.3. The van der Waals surface area contributed by atoms with Crippen molar-refractivity contribution in [3.63, 3.8) is 0 Å². The Hall–Kier alpha value is -1.46. The van der Waals surface area contributed by atoms with Gasteiger partial charge in [0.2, 0.25) is 0 Å². The van der Waals surface area contributed by atoms with E-state index in [1.807, 2.05) is 27.7 Å². The Labute approximate surface area is 408 Å². The maximum Gasteiger partial charge on any atom is 0.303 e. The van der Waals surface area contributed by atoms with Crippen LogP contribution in [0.1, 0.15) is 126 Å². The summed E-state index contributed by atoms with van der Waals surface area (Å²) in [6, 6.07) is 0. The van der Waals surface area contributed by atoms with Crippen molar-refractivity contribution in [2.45, 2.75) is 255 Å². The van der Waals surface area contributed by atoms with Gasteiger partial charge in [-0.2, -0.15) is 0 Å². The van der Waals surface area contributed by atoms with E-state index >= 15 is 0 Å². The Bertz CT molecular complexity index is 1790. The van der Waals surface area contributed by atoms with E-state index < -0.39 is 97.3 Å². The van der Waals surface area contributed by atoms with E-state index in [1.165, 1.54) is 6.92 Å². The number of aliphatic hydroxyl groups is 1. The van der Waals surface area contributed by atoms with Crippen molar-refractivity contribution in [2.24, 2.45) is 28.6 Å². The summed E-state index contributed by atoms with van der Waals surface area (Å²) in [6.45, 7) is 15.5. The molecule has 1 spiro atoms. The molecule has 26 atom stereocenters. The van der Waals surface area contributed by atoms with Crippen molar-refractivity contribution in [1.82, 2.24) is 0 Å². The Balaban J connectivity index is 0.766. The molecule has 1 N–H and O–H groups in total. The second kappa shape index (κ2) is 20.7. The van der Waals surface area contributed by atoms with Crippen LogP contribution in [0.4, 0.5) is 0 Å². The Morgan fingerprint density at radius 3 is 1.59 bits per heavy atom. The van der Waals surface area contributed by atoms with Crippen LogP contribution in [0.5, 0.6) is 0 Å². The van der Waals surface area contributed by atoms with Gasteiger partial charge in [0.1, 0.15) is 24.4 Å². The largest absolute Gasteiger partial charge is 0.455 e. The number of rotatable bonds is 13. The first-order valence-corrected chi connectivity index (χ1v) is 25.9. The summed E-state index contributed by atoms with van der Waals surface area (Å²) in [6.07, 6.45) is -1.17. The lowest BCUT2D eigenvalue weighted by molar-refractivity contribution is -0.347. The van der Waals surface area contributed by atoms with Crippen molar-refractivity contribution in [2.75, 3.05) is 28.4 Å². The van der Waals surface area contributed by atoms with Crippen LogP contribution in [0, 0.1) is 28.6 Å². The SMILES string of the molecule is COC1CC(OC2C(C)OC(OC3C(C)OC(OC4C(C)OC(OC5CCC6(C)C(CCC78OC(C)C9CC(OC(C)=O)C(=O)C9(C)C(CC76)O8)C5)CC4OC)CC3OC)CC2OC)OC(C)C1O. The molecule has 2 bridgehead atoms. The minimum atomic E-state index is -0.780. The number of hydrogen-bond donors (Lipinski definition) is 1. The number of methoxy groups -OCH3 is 4. The first-order valence-electron chi connectivity index (χ1n) is 25.9. The topological polar surface area (TPSA) is 193 Å². The molecule has 9 aliphatic rings. The van der Waals surface area contributed by atoms with Gasteiger partial charge < -0.3 is 76.2 Å². The number of esters is 1. The Morgan fingerprint density at radius 1 is 0.594 bits per heavy atom. The fraction of sp³-hybridized carbons (Fsp3) is 0.961. The number of Topliss-reactive ketones (excluding diaryl/α,β-unsaturated/α-hetero) is 1. The molecule has 9 fully saturated rings. The van der Waals surface area contributed by atoms with Crippen molar-refractivity contribution < 1.29 is 85.7 Å². The molecule has 0 aromatic rings. The molecule has 6 aliphatic heterocycles. The van der Waals surface area contributed by atoms with Crippen LogP contribution >= 0.6 is 0 Å². The van der Waals surface area contributed by atoms with E-state index in [1.54, 1.807) is 35.4 Å². The monoisotopic (exact) mass is 983 g/mol.